The van der Waals surface area contributed by atoms with E-state index >= 15 is 0 Å². The maximum absolute atomic E-state index is 12.4. The summed E-state index contributed by atoms with van der Waals surface area (Å²) in [6.45, 7) is 5.09. The fourth-order valence-corrected chi connectivity index (χ4v) is 3.95. The van der Waals surface area contributed by atoms with Gasteiger partial charge in [0.25, 0.3) is 0 Å². The number of fused-ring (bicyclic) bond motifs is 1. The third-order valence-corrected chi connectivity index (χ3v) is 5.34. The zero-order valence-electron chi connectivity index (χ0n) is 15.2. The fraction of sp³-hybridized carbons (Fsp3) is 0.500. The molecule has 26 heavy (non-hydrogen) atoms. The number of piperidine rings is 1. The van der Waals surface area contributed by atoms with Gasteiger partial charge < -0.3 is 18.9 Å². The van der Waals surface area contributed by atoms with Crippen molar-refractivity contribution in [3.8, 4) is 11.5 Å². The van der Waals surface area contributed by atoms with Gasteiger partial charge in [0.05, 0.1) is 6.33 Å². The summed E-state index contributed by atoms with van der Waals surface area (Å²) in [4.78, 5) is 18.4. The smallest absolute Gasteiger partial charge is 0.231 e. The lowest BCUT2D eigenvalue weighted by Gasteiger charge is -2.40. The molecule has 6 nitrogen and oxygen atoms in total. The summed E-state index contributed by atoms with van der Waals surface area (Å²) in [5, 5.41) is 0. The second-order valence-electron chi connectivity index (χ2n) is 7.64. The minimum absolute atomic E-state index is 0.0939. The topological polar surface area (TPSA) is 56.6 Å². The summed E-state index contributed by atoms with van der Waals surface area (Å²) in [7, 11) is 0. The third kappa shape index (κ3) is 3.69. The van der Waals surface area contributed by atoms with E-state index in [9.17, 15) is 4.79 Å². The van der Waals surface area contributed by atoms with Crippen molar-refractivity contribution >= 4 is 5.91 Å². The molecule has 0 radical (unpaired) electrons. The number of imidazole rings is 1. The van der Waals surface area contributed by atoms with Crippen molar-refractivity contribution in [2.24, 2.45) is 5.41 Å². The number of aryl methyl sites for hydroxylation is 1. The van der Waals surface area contributed by atoms with Crippen molar-refractivity contribution in [1.82, 2.24) is 14.5 Å². The molecule has 2 aromatic rings. The molecule has 1 saturated heterocycles. The first-order chi connectivity index (χ1) is 12.6. The number of aromatic nitrogens is 2. The van der Waals surface area contributed by atoms with Crippen molar-refractivity contribution in [3.05, 3.63) is 42.5 Å². The minimum Gasteiger partial charge on any atom is -0.454 e. The average molecular weight is 355 g/mol. The van der Waals surface area contributed by atoms with Crippen molar-refractivity contribution in [2.75, 3.05) is 19.9 Å². The molecule has 3 heterocycles. The molecule has 138 valence electrons. The van der Waals surface area contributed by atoms with Crippen LogP contribution in [0.4, 0.5) is 0 Å². The van der Waals surface area contributed by atoms with E-state index in [0.717, 1.165) is 50.4 Å². The van der Waals surface area contributed by atoms with Crippen molar-refractivity contribution in [1.29, 1.82) is 0 Å². The quantitative estimate of drug-likeness (QED) is 0.799. The lowest BCUT2D eigenvalue weighted by molar-refractivity contribution is -0.137. The summed E-state index contributed by atoms with van der Waals surface area (Å²) < 4.78 is 12.9. The first-order valence-electron chi connectivity index (χ1n) is 9.23. The number of benzene rings is 1. The Hall–Kier alpha value is -2.50. The van der Waals surface area contributed by atoms with Crippen LogP contribution in [0.15, 0.2) is 36.9 Å². The summed E-state index contributed by atoms with van der Waals surface area (Å²) in [6, 6.07) is 6.17. The highest BCUT2D eigenvalue weighted by Gasteiger charge is 2.35. The zero-order chi connectivity index (χ0) is 18.0. The summed E-state index contributed by atoms with van der Waals surface area (Å²) in [6.07, 6.45) is 9.01. The Labute approximate surface area is 153 Å². The summed E-state index contributed by atoms with van der Waals surface area (Å²) in [5.74, 6) is 1.92. The van der Waals surface area contributed by atoms with Crippen LogP contribution in [0.3, 0.4) is 0 Å². The molecule has 1 fully saturated rings. The number of amides is 1. The summed E-state index contributed by atoms with van der Waals surface area (Å²) in [5.41, 5.74) is 1.33. The SMILES string of the molecule is CC1(Cc2ccc3c(c2)OCO3)CCC(=O)N(CCCn2ccnc2)C1. The number of hydrogen-bond donors (Lipinski definition) is 0. The molecule has 2 aliphatic heterocycles. The van der Waals surface area contributed by atoms with E-state index in [1.165, 1.54) is 5.56 Å². The second kappa shape index (κ2) is 7.02. The monoisotopic (exact) mass is 355 g/mol. The highest BCUT2D eigenvalue weighted by atomic mass is 16.7. The number of nitrogens with zero attached hydrogens (tertiary/aromatic N) is 3. The van der Waals surface area contributed by atoms with Crippen LogP contribution in [0.2, 0.25) is 0 Å². The normalized spacial score (nSPS) is 22.0. The first-order valence-corrected chi connectivity index (χ1v) is 9.23. The van der Waals surface area contributed by atoms with Gasteiger partial charge in [-0.25, -0.2) is 4.98 Å². The fourth-order valence-electron chi connectivity index (χ4n) is 3.95. The number of carbonyl (C=O) groups excluding carboxylic acids is 1. The van der Waals surface area contributed by atoms with Gasteiger partial charge in [0.2, 0.25) is 12.7 Å². The zero-order valence-corrected chi connectivity index (χ0v) is 15.2. The van der Waals surface area contributed by atoms with E-state index in [4.69, 9.17) is 9.47 Å². The minimum atomic E-state index is 0.0939. The van der Waals surface area contributed by atoms with E-state index in [1.807, 2.05) is 23.5 Å². The lowest BCUT2D eigenvalue weighted by Crippen LogP contribution is -2.46. The van der Waals surface area contributed by atoms with Gasteiger partial charge in [-0.2, -0.15) is 0 Å². The van der Waals surface area contributed by atoms with E-state index in [-0.39, 0.29) is 11.3 Å². The number of rotatable bonds is 6. The molecule has 6 heteroatoms. The average Bonchev–Trinajstić information content (AvgIpc) is 3.29. The molecule has 0 bridgehead atoms. The van der Waals surface area contributed by atoms with Crippen molar-refractivity contribution in [2.45, 2.75) is 39.2 Å². The van der Waals surface area contributed by atoms with Crippen molar-refractivity contribution < 1.29 is 14.3 Å². The van der Waals surface area contributed by atoms with Crippen LogP contribution in [0.5, 0.6) is 11.5 Å². The van der Waals surface area contributed by atoms with Gasteiger partial charge in [-0.05, 0) is 42.4 Å². The Kier molecular flexibility index (Phi) is 4.57. The van der Waals surface area contributed by atoms with Crippen LogP contribution in [0.25, 0.3) is 0 Å². The predicted molar refractivity (Wildman–Crippen MR) is 97.0 cm³/mol. The molecule has 0 saturated carbocycles. The van der Waals surface area contributed by atoms with Crippen LogP contribution in [-0.4, -0.2) is 40.2 Å². The predicted octanol–water partition coefficient (Wildman–Crippen LogP) is 2.87. The van der Waals surface area contributed by atoms with Crippen molar-refractivity contribution in [3.63, 3.8) is 0 Å². The van der Waals surface area contributed by atoms with Gasteiger partial charge >= 0.3 is 0 Å². The van der Waals surface area contributed by atoms with Crippen LogP contribution in [-0.2, 0) is 17.8 Å². The Morgan fingerprint density at radius 2 is 2.12 bits per heavy atom. The highest BCUT2D eigenvalue weighted by molar-refractivity contribution is 5.77. The number of hydrogen-bond acceptors (Lipinski definition) is 4. The maximum Gasteiger partial charge on any atom is 0.231 e. The number of carbonyl (C=O) groups is 1. The number of likely N-dealkylation sites (tertiary alicyclic amines) is 1. The Balaban J connectivity index is 1.37. The largest absolute Gasteiger partial charge is 0.454 e. The van der Waals surface area contributed by atoms with Crippen LogP contribution in [0.1, 0.15) is 31.7 Å². The van der Waals surface area contributed by atoms with Crippen LogP contribution in [0, 0.1) is 5.41 Å². The Bertz CT molecular complexity index is 775. The van der Waals surface area contributed by atoms with E-state index in [1.54, 1.807) is 6.20 Å². The third-order valence-electron chi connectivity index (χ3n) is 5.34. The van der Waals surface area contributed by atoms with E-state index in [0.29, 0.717) is 13.2 Å². The number of ether oxygens (including phenoxy) is 2. The molecule has 0 spiro atoms. The Morgan fingerprint density at radius 3 is 2.96 bits per heavy atom. The molecule has 1 amide bonds. The van der Waals surface area contributed by atoms with Gasteiger partial charge in [-0.15, -0.1) is 0 Å². The van der Waals surface area contributed by atoms with Gasteiger partial charge in [-0.3, -0.25) is 4.79 Å². The molecule has 2 aliphatic rings. The maximum atomic E-state index is 12.4. The molecule has 1 aromatic heterocycles. The molecule has 0 aliphatic carbocycles. The van der Waals surface area contributed by atoms with Crippen LogP contribution >= 0.6 is 0 Å². The van der Waals surface area contributed by atoms with Gasteiger partial charge in [0.1, 0.15) is 0 Å². The molecular formula is C20H25N3O3. The molecule has 0 N–H and O–H groups in total. The van der Waals surface area contributed by atoms with E-state index in [2.05, 4.69) is 28.6 Å². The van der Waals surface area contributed by atoms with E-state index < -0.39 is 0 Å². The second-order valence-corrected chi connectivity index (χ2v) is 7.64. The van der Waals surface area contributed by atoms with Crippen LogP contribution < -0.4 is 9.47 Å². The van der Waals surface area contributed by atoms with Gasteiger partial charge in [0.15, 0.2) is 11.5 Å². The highest BCUT2D eigenvalue weighted by Crippen LogP contribution is 2.37. The first kappa shape index (κ1) is 16.9. The molecular weight excluding hydrogens is 330 g/mol. The lowest BCUT2D eigenvalue weighted by atomic mass is 9.76. The summed E-state index contributed by atoms with van der Waals surface area (Å²) >= 11 is 0. The Morgan fingerprint density at radius 1 is 1.23 bits per heavy atom. The van der Waals surface area contributed by atoms with Gasteiger partial charge in [-0.1, -0.05) is 13.0 Å². The standard InChI is InChI=1S/C20H25N3O3/c1-20(12-16-3-4-17-18(11-16)26-15-25-17)6-5-19(24)23(13-20)9-2-8-22-10-7-21-14-22/h3-4,7,10-11,14H,2,5-6,8-9,12-13,15H2,1H3. The molecule has 1 atom stereocenters. The molecule has 1 unspecified atom stereocenters. The molecule has 4 rings (SSSR count). The van der Waals surface area contributed by atoms with Gasteiger partial charge in [0, 0.05) is 38.4 Å². The molecule has 1 aromatic carbocycles.